The van der Waals surface area contributed by atoms with Gasteiger partial charge in [0, 0.05) is 18.2 Å². The van der Waals surface area contributed by atoms with Crippen LogP contribution in [0.25, 0.3) is 0 Å². The van der Waals surface area contributed by atoms with Gasteiger partial charge in [-0.3, -0.25) is 4.79 Å². The largest absolute Gasteiger partial charge is 0.435 e. The highest BCUT2D eigenvalue weighted by Crippen LogP contribution is 2.16. The second kappa shape index (κ2) is 7.79. The lowest BCUT2D eigenvalue weighted by Gasteiger charge is -2.19. The number of amides is 1. The monoisotopic (exact) mass is 286 g/mol. The maximum absolute atomic E-state index is 12.1. The fourth-order valence-corrected chi connectivity index (χ4v) is 1.87. The van der Waals surface area contributed by atoms with Gasteiger partial charge in [-0.05, 0) is 30.5 Å². The van der Waals surface area contributed by atoms with E-state index < -0.39 is 6.61 Å². The molecule has 1 amide bonds. The topological polar surface area (TPSA) is 64.3 Å². The van der Waals surface area contributed by atoms with Gasteiger partial charge in [-0.2, -0.15) is 8.78 Å². The number of benzene rings is 1. The standard InChI is InChI=1S/C14H20F2N2O2/c1-9(2)6-11(8-17)18-13(19)10-4-3-5-12(7-10)20-14(15)16/h3-5,7,9,11,14H,6,8,17H2,1-2H3,(H,18,19). The average Bonchev–Trinajstić information content (AvgIpc) is 2.36. The molecule has 0 heterocycles. The molecule has 112 valence electrons. The van der Waals surface area contributed by atoms with E-state index in [0.29, 0.717) is 12.5 Å². The lowest BCUT2D eigenvalue weighted by Crippen LogP contribution is -2.41. The highest BCUT2D eigenvalue weighted by atomic mass is 19.3. The zero-order chi connectivity index (χ0) is 15.1. The quantitative estimate of drug-likeness (QED) is 0.809. The molecule has 0 aliphatic rings. The highest BCUT2D eigenvalue weighted by Gasteiger charge is 2.15. The second-order valence-electron chi connectivity index (χ2n) is 4.94. The molecule has 3 N–H and O–H groups in total. The lowest BCUT2D eigenvalue weighted by molar-refractivity contribution is -0.0498. The third-order valence-corrected chi connectivity index (χ3v) is 2.70. The zero-order valence-corrected chi connectivity index (χ0v) is 11.6. The van der Waals surface area contributed by atoms with Crippen molar-refractivity contribution in [2.45, 2.75) is 32.9 Å². The van der Waals surface area contributed by atoms with Gasteiger partial charge in [-0.1, -0.05) is 19.9 Å². The minimum Gasteiger partial charge on any atom is -0.435 e. The van der Waals surface area contributed by atoms with Gasteiger partial charge in [0.25, 0.3) is 5.91 Å². The van der Waals surface area contributed by atoms with E-state index in [4.69, 9.17) is 5.73 Å². The van der Waals surface area contributed by atoms with Crippen molar-refractivity contribution in [2.24, 2.45) is 11.7 Å². The summed E-state index contributed by atoms with van der Waals surface area (Å²) in [5, 5.41) is 2.79. The van der Waals surface area contributed by atoms with E-state index in [9.17, 15) is 13.6 Å². The fourth-order valence-electron chi connectivity index (χ4n) is 1.87. The van der Waals surface area contributed by atoms with Gasteiger partial charge in [-0.25, -0.2) is 0 Å². The predicted molar refractivity (Wildman–Crippen MR) is 72.8 cm³/mol. The third kappa shape index (κ3) is 5.52. The molecule has 0 radical (unpaired) electrons. The molecule has 0 saturated carbocycles. The minimum atomic E-state index is -2.91. The van der Waals surface area contributed by atoms with Gasteiger partial charge < -0.3 is 15.8 Å². The Morgan fingerprint density at radius 1 is 1.40 bits per heavy atom. The second-order valence-corrected chi connectivity index (χ2v) is 4.94. The van der Waals surface area contributed by atoms with Gasteiger partial charge in [0.15, 0.2) is 0 Å². The summed E-state index contributed by atoms with van der Waals surface area (Å²) in [6.07, 6.45) is 0.759. The molecule has 1 atom stereocenters. The van der Waals surface area contributed by atoms with Crippen LogP contribution in [0.1, 0.15) is 30.6 Å². The van der Waals surface area contributed by atoms with Crippen LogP contribution in [-0.4, -0.2) is 25.1 Å². The summed E-state index contributed by atoms with van der Waals surface area (Å²) in [4.78, 5) is 12.0. The van der Waals surface area contributed by atoms with Crippen molar-refractivity contribution in [3.05, 3.63) is 29.8 Å². The number of nitrogens with one attached hydrogen (secondary N) is 1. The van der Waals surface area contributed by atoms with Crippen LogP contribution in [-0.2, 0) is 0 Å². The smallest absolute Gasteiger partial charge is 0.387 e. The summed E-state index contributed by atoms with van der Waals surface area (Å²) in [6, 6.07) is 5.55. The summed E-state index contributed by atoms with van der Waals surface area (Å²) >= 11 is 0. The molecule has 0 aliphatic heterocycles. The Kier molecular flexibility index (Phi) is 6.38. The Morgan fingerprint density at radius 2 is 2.10 bits per heavy atom. The van der Waals surface area contributed by atoms with Crippen molar-refractivity contribution < 1.29 is 18.3 Å². The number of carbonyl (C=O) groups excluding carboxylic acids is 1. The van der Waals surface area contributed by atoms with Crippen LogP contribution < -0.4 is 15.8 Å². The fraction of sp³-hybridized carbons (Fsp3) is 0.500. The molecule has 1 unspecified atom stereocenters. The molecule has 0 aromatic heterocycles. The summed E-state index contributed by atoms with van der Waals surface area (Å²) in [7, 11) is 0. The van der Waals surface area contributed by atoms with Crippen molar-refractivity contribution >= 4 is 5.91 Å². The number of rotatable bonds is 7. The molecule has 0 spiro atoms. The molecular weight excluding hydrogens is 266 g/mol. The van der Waals surface area contributed by atoms with Crippen molar-refractivity contribution in [2.75, 3.05) is 6.54 Å². The van der Waals surface area contributed by atoms with Crippen LogP contribution in [0.2, 0.25) is 0 Å². The van der Waals surface area contributed by atoms with E-state index in [1.807, 2.05) is 13.8 Å². The first-order chi connectivity index (χ1) is 9.42. The Bertz CT molecular complexity index is 439. The number of hydrogen-bond acceptors (Lipinski definition) is 3. The van der Waals surface area contributed by atoms with Crippen molar-refractivity contribution in [3.63, 3.8) is 0 Å². The molecule has 0 bridgehead atoms. The number of ether oxygens (including phenoxy) is 1. The van der Waals surface area contributed by atoms with Gasteiger partial charge in [0.2, 0.25) is 0 Å². The first kappa shape index (κ1) is 16.4. The number of hydrogen-bond donors (Lipinski definition) is 2. The van der Waals surface area contributed by atoms with Crippen LogP contribution in [0.3, 0.4) is 0 Å². The van der Waals surface area contributed by atoms with Crippen LogP contribution in [0, 0.1) is 5.92 Å². The van der Waals surface area contributed by atoms with E-state index in [0.717, 1.165) is 6.42 Å². The van der Waals surface area contributed by atoms with E-state index >= 15 is 0 Å². The Hall–Kier alpha value is -1.69. The summed E-state index contributed by atoms with van der Waals surface area (Å²) in [5.41, 5.74) is 5.87. The Labute approximate surface area is 117 Å². The normalized spacial score (nSPS) is 12.6. The van der Waals surface area contributed by atoms with Crippen molar-refractivity contribution in [1.29, 1.82) is 0 Å². The van der Waals surface area contributed by atoms with Gasteiger partial charge in [0.1, 0.15) is 5.75 Å². The van der Waals surface area contributed by atoms with E-state index in [1.54, 1.807) is 0 Å². The van der Waals surface area contributed by atoms with E-state index in [-0.39, 0.29) is 23.3 Å². The first-order valence-electron chi connectivity index (χ1n) is 6.48. The lowest BCUT2D eigenvalue weighted by atomic mass is 10.0. The van der Waals surface area contributed by atoms with Crippen LogP contribution in [0.15, 0.2) is 24.3 Å². The molecule has 1 aromatic rings. The SMILES string of the molecule is CC(C)CC(CN)NC(=O)c1cccc(OC(F)F)c1. The molecule has 0 saturated heterocycles. The Balaban J connectivity index is 2.71. The zero-order valence-electron chi connectivity index (χ0n) is 11.6. The maximum Gasteiger partial charge on any atom is 0.387 e. The van der Waals surface area contributed by atoms with Gasteiger partial charge in [-0.15, -0.1) is 0 Å². The average molecular weight is 286 g/mol. The van der Waals surface area contributed by atoms with Gasteiger partial charge in [0.05, 0.1) is 0 Å². The molecule has 6 heteroatoms. The first-order valence-corrected chi connectivity index (χ1v) is 6.48. The third-order valence-electron chi connectivity index (χ3n) is 2.70. The summed E-state index contributed by atoms with van der Waals surface area (Å²) < 4.78 is 28.5. The van der Waals surface area contributed by atoms with Crippen LogP contribution in [0.5, 0.6) is 5.75 Å². The molecule has 0 fully saturated rings. The molecule has 20 heavy (non-hydrogen) atoms. The molecular formula is C14H20F2N2O2. The summed E-state index contributed by atoms with van der Waals surface area (Å²) in [6.45, 7) is 1.49. The maximum atomic E-state index is 12.1. The van der Waals surface area contributed by atoms with Crippen LogP contribution >= 0.6 is 0 Å². The highest BCUT2D eigenvalue weighted by molar-refractivity contribution is 5.94. The number of carbonyl (C=O) groups is 1. The number of halogens is 2. The van der Waals surface area contributed by atoms with Crippen molar-refractivity contribution in [3.8, 4) is 5.75 Å². The molecule has 1 aromatic carbocycles. The molecule has 4 nitrogen and oxygen atoms in total. The minimum absolute atomic E-state index is 0.0409. The van der Waals surface area contributed by atoms with E-state index in [1.165, 1.54) is 24.3 Å². The number of nitrogens with two attached hydrogens (primary N) is 1. The molecule has 0 aliphatic carbocycles. The summed E-state index contributed by atoms with van der Waals surface area (Å²) in [5.74, 6) is 0.0129. The van der Waals surface area contributed by atoms with Crippen molar-refractivity contribution in [1.82, 2.24) is 5.32 Å². The van der Waals surface area contributed by atoms with E-state index in [2.05, 4.69) is 10.1 Å². The Morgan fingerprint density at radius 3 is 2.65 bits per heavy atom. The predicted octanol–water partition coefficient (Wildman–Crippen LogP) is 2.39. The van der Waals surface area contributed by atoms with Crippen LogP contribution in [0.4, 0.5) is 8.78 Å². The molecule has 1 rings (SSSR count). The van der Waals surface area contributed by atoms with Gasteiger partial charge >= 0.3 is 6.61 Å². The number of alkyl halides is 2.